The molecular formula is C28H29Cl2F2N5O. The van der Waals surface area contributed by atoms with E-state index in [9.17, 15) is 4.39 Å². The Labute approximate surface area is 230 Å². The Balaban J connectivity index is 1.32. The molecule has 38 heavy (non-hydrogen) atoms. The molecule has 0 radical (unpaired) electrons. The average Bonchev–Trinajstić information content (AvgIpc) is 3.53. The van der Waals surface area contributed by atoms with E-state index in [1.165, 1.54) is 0 Å². The minimum atomic E-state index is -0.858. The normalized spacial score (nSPS) is 28.8. The van der Waals surface area contributed by atoms with Gasteiger partial charge in [-0.15, -0.1) is 0 Å². The van der Waals surface area contributed by atoms with Crippen molar-refractivity contribution in [3.8, 4) is 17.1 Å². The van der Waals surface area contributed by atoms with E-state index in [-0.39, 0.29) is 34.3 Å². The molecule has 4 atom stereocenters. The van der Waals surface area contributed by atoms with Gasteiger partial charge in [0.25, 0.3) is 0 Å². The van der Waals surface area contributed by atoms with Crippen LogP contribution < -0.4 is 15.0 Å². The van der Waals surface area contributed by atoms with Gasteiger partial charge in [-0.25, -0.2) is 8.78 Å². The van der Waals surface area contributed by atoms with Gasteiger partial charge < -0.3 is 15.0 Å². The van der Waals surface area contributed by atoms with Gasteiger partial charge in [0.05, 0.1) is 10.6 Å². The lowest BCUT2D eigenvalue weighted by Gasteiger charge is -2.34. The van der Waals surface area contributed by atoms with Gasteiger partial charge >= 0.3 is 6.01 Å². The highest BCUT2D eigenvalue weighted by atomic mass is 35.5. The van der Waals surface area contributed by atoms with E-state index in [1.54, 1.807) is 30.3 Å². The van der Waals surface area contributed by atoms with E-state index in [0.29, 0.717) is 46.8 Å². The van der Waals surface area contributed by atoms with Crippen LogP contribution in [0.4, 0.5) is 14.6 Å². The van der Waals surface area contributed by atoms with Crippen molar-refractivity contribution in [1.29, 1.82) is 0 Å². The van der Waals surface area contributed by atoms with E-state index in [0.717, 1.165) is 45.3 Å². The number of ether oxygens (including phenoxy) is 1. The predicted octanol–water partition coefficient (Wildman–Crippen LogP) is 5.64. The SMILES string of the molecule is Fc1c(-c2cccc(Cl)c2)c(Cl)cc2c(N3CC4CCC(C3)N4)nc(OC[C@@]34CCCN3C[C@H](F)C4)nc12. The zero-order valence-electron chi connectivity index (χ0n) is 20.9. The lowest BCUT2D eigenvalue weighted by molar-refractivity contribution is 0.107. The van der Waals surface area contributed by atoms with Gasteiger partial charge in [-0.05, 0) is 56.0 Å². The van der Waals surface area contributed by atoms with Crippen LogP contribution in [0.3, 0.4) is 0 Å². The zero-order chi connectivity index (χ0) is 26.0. The van der Waals surface area contributed by atoms with Crippen LogP contribution in [0.1, 0.15) is 32.1 Å². The lowest BCUT2D eigenvalue weighted by Crippen LogP contribution is -2.51. The molecule has 6 nitrogen and oxygen atoms in total. The molecule has 10 heteroatoms. The van der Waals surface area contributed by atoms with Crippen LogP contribution >= 0.6 is 23.2 Å². The molecule has 4 aliphatic heterocycles. The minimum Gasteiger partial charge on any atom is -0.461 e. The highest BCUT2D eigenvalue weighted by Gasteiger charge is 2.49. The van der Waals surface area contributed by atoms with Gasteiger partial charge in [0.2, 0.25) is 0 Å². The number of hydrogen-bond donors (Lipinski definition) is 1. The fourth-order valence-electron chi connectivity index (χ4n) is 6.99. The standard InChI is InChI=1S/C28H29Cl2F2N5O/c29-17-4-1-3-16(9-17)23-22(30)10-21-25(24(23)32)34-27(35-26(21)36-13-19-5-6-20(14-36)33-19)38-15-28-7-2-8-37(28)12-18(31)11-28/h1,3-4,9-10,18-20,33H,2,5-8,11-15H2/t18-,19?,20?,28+/m1/s1. The van der Waals surface area contributed by atoms with Crippen molar-refractivity contribution < 1.29 is 13.5 Å². The Bertz CT molecular complexity index is 1400. The number of nitrogens with one attached hydrogen (secondary N) is 1. The smallest absolute Gasteiger partial charge is 0.319 e. The summed E-state index contributed by atoms with van der Waals surface area (Å²) in [6.45, 7) is 3.11. The summed E-state index contributed by atoms with van der Waals surface area (Å²) in [4.78, 5) is 13.8. The van der Waals surface area contributed by atoms with Crippen LogP contribution in [-0.4, -0.2) is 71.4 Å². The number of anilines is 1. The molecule has 1 N–H and O–H groups in total. The van der Waals surface area contributed by atoms with Crippen molar-refractivity contribution >= 4 is 39.9 Å². The van der Waals surface area contributed by atoms with Crippen molar-refractivity contribution in [2.75, 3.05) is 37.7 Å². The van der Waals surface area contributed by atoms with Gasteiger partial charge in [-0.2, -0.15) is 9.97 Å². The number of aromatic nitrogens is 2. The van der Waals surface area contributed by atoms with E-state index < -0.39 is 12.0 Å². The third-order valence-electron chi connectivity index (χ3n) is 8.70. The van der Waals surface area contributed by atoms with Crippen LogP contribution in [0, 0.1) is 5.82 Å². The first-order valence-corrected chi connectivity index (χ1v) is 14.1. The maximum Gasteiger partial charge on any atom is 0.319 e. The number of rotatable bonds is 5. The van der Waals surface area contributed by atoms with Crippen molar-refractivity contribution in [2.24, 2.45) is 0 Å². The van der Waals surface area contributed by atoms with Gasteiger partial charge in [-0.3, -0.25) is 4.90 Å². The van der Waals surface area contributed by atoms with Crippen molar-refractivity contribution in [2.45, 2.75) is 55.9 Å². The number of halogens is 4. The first kappa shape index (κ1) is 24.8. The van der Waals surface area contributed by atoms with Crippen molar-refractivity contribution in [3.05, 3.63) is 46.2 Å². The second kappa shape index (κ2) is 9.44. The zero-order valence-corrected chi connectivity index (χ0v) is 22.4. The van der Waals surface area contributed by atoms with E-state index >= 15 is 4.39 Å². The Morgan fingerprint density at radius 1 is 1.11 bits per heavy atom. The summed E-state index contributed by atoms with van der Waals surface area (Å²) in [5.74, 6) is 0.0872. The van der Waals surface area contributed by atoms with Gasteiger partial charge in [0, 0.05) is 54.1 Å². The number of fused-ring (bicyclic) bond motifs is 4. The monoisotopic (exact) mass is 559 g/mol. The maximum absolute atomic E-state index is 16.3. The van der Waals surface area contributed by atoms with Crippen LogP contribution in [0.2, 0.25) is 10.0 Å². The Hall–Kier alpha value is -2.26. The molecule has 2 aromatic carbocycles. The summed E-state index contributed by atoms with van der Waals surface area (Å²) in [5, 5.41) is 4.95. The molecule has 0 spiro atoms. The Morgan fingerprint density at radius 3 is 2.71 bits per heavy atom. The summed E-state index contributed by atoms with van der Waals surface area (Å²) >= 11 is 12.9. The summed E-state index contributed by atoms with van der Waals surface area (Å²) in [6, 6.07) is 9.55. The molecule has 4 saturated heterocycles. The maximum atomic E-state index is 16.3. The molecule has 7 rings (SSSR count). The quantitative estimate of drug-likeness (QED) is 0.436. The fraction of sp³-hybridized carbons (Fsp3) is 0.500. The number of nitrogens with zero attached hydrogens (tertiary/aromatic N) is 4. The molecule has 2 bridgehead atoms. The Kier molecular flexibility index (Phi) is 6.15. The molecule has 0 amide bonds. The van der Waals surface area contributed by atoms with Crippen LogP contribution in [-0.2, 0) is 0 Å². The highest BCUT2D eigenvalue weighted by molar-refractivity contribution is 6.35. The van der Waals surface area contributed by atoms with E-state index in [2.05, 4.69) is 20.1 Å². The van der Waals surface area contributed by atoms with Gasteiger partial charge in [0.1, 0.15) is 24.1 Å². The van der Waals surface area contributed by atoms with E-state index in [4.69, 9.17) is 32.9 Å². The summed E-state index contributed by atoms with van der Waals surface area (Å²) in [5.41, 5.74) is 0.626. The van der Waals surface area contributed by atoms with E-state index in [1.807, 2.05) is 0 Å². The number of benzene rings is 2. The van der Waals surface area contributed by atoms with Crippen LogP contribution in [0.25, 0.3) is 22.0 Å². The summed E-state index contributed by atoms with van der Waals surface area (Å²) in [6.07, 6.45) is 3.67. The minimum absolute atomic E-state index is 0.111. The second-order valence-electron chi connectivity index (χ2n) is 11.2. The first-order valence-electron chi connectivity index (χ1n) is 13.4. The average molecular weight is 560 g/mol. The molecule has 3 aromatic rings. The second-order valence-corrected chi connectivity index (χ2v) is 12.0. The number of alkyl halides is 1. The number of piperazine rings is 1. The molecule has 0 saturated carbocycles. The van der Waals surface area contributed by atoms with Gasteiger partial charge in [-0.1, -0.05) is 35.3 Å². The fourth-order valence-corrected chi connectivity index (χ4v) is 7.48. The largest absolute Gasteiger partial charge is 0.461 e. The van der Waals surface area contributed by atoms with Crippen LogP contribution in [0.15, 0.2) is 30.3 Å². The molecule has 0 aliphatic carbocycles. The molecule has 5 heterocycles. The summed E-state index contributed by atoms with van der Waals surface area (Å²) < 4.78 is 36.8. The molecular weight excluding hydrogens is 531 g/mol. The Morgan fingerprint density at radius 2 is 1.92 bits per heavy atom. The lowest BCUT2D eigenvalue weighted by atomic mass is 9.95. The third-order valence-corrected chi connectivity index (χ3v) is 9.24. The summed E-state index contributed by atoms with van der Waals surface area (Å²) in [7, 11) is 0. The molecule has 4 fully saturated rings. The number of hydrogen-bond acceptors (Lipinski definition) is 6. The van der Waals surface area contributed by atoms with Crippen molar-refractivity contribution in [3.63, 3.8) is 0 Å². The predicted molar refractivity (Wildman–Crippen MR) is 146 cm³/mol. The van der Waals surface area contributed by atoms with Crippen molar-refractivity contribution in [1.82, 2.24) is 20.2 Å². The first-order chi connectivity index (χ1) is 18.4. The molecule has 200 valence electrons. The molecule has 2 unspecified atom stereocenters. The topological polar surface area (TPSA) is 53.5 Å². The molecule has 4 aliphatic rings. The highest BCUT2D eigenvalue weighted by Crippen LogP contribution is 2.42. The molecule has 1 aromatic heterocycles. The third kappa shape index (κ3) is 4.21. The van der Waals surface area contributed by atoms with Gasteiger partial charge in [0.15, 0.2) is 5.82 Å². The van der Waals surface area contributed by atoms with Crippen LogP contribution in [0.5, 0.6) is 6.01 Å².